The van der Waals surface area contributed by atoms with Gasteiger partial charge in [-0.1, -0.05) is 20.8 Å². The van der Waals surface area contributed by atoms with Crippen molar-refractivity contribution in [3.63, 3.8) is 0 Å². The molecule has 120 valence electrons. The van der Waals surface area contributed by atoms with Crippen LogP contribution in [0.5, 0.6) is 0 Å². The Bertz CT molecular complexity index is 412. The lowest BCUT2D eigenvalue weighted by atomic mass is 10.0. The molecule has 1 fully saturated rings. The van der Waals surface area contributed by atoms with Crippen molar-refractivity contribution >= 4 is 28.2 Å². The summed E-state index contributed by atoms with van der Waals surface area (Å²) in [6, 6.07) is 0. The average molecular weight is 328 g/mol. The van der Waals surface area contributed by atoms with Gasteiger partial charge < -0.3 is 10.2 Å². The van der Waals surface area contributed by atoms with Crippen molar-refractivity contribution in [2.24, 2.45) is 0 Å². The molecular weight excluding hydrogens is 298 g/mol. The largest absolute Gasteiger partial charge is 0.347 e. The minimum Gasteiger partial charge on any atom is -0.347 e. The monoisotopic (exact) mass is 327 g/mol. The Morgan fingerprint density at radius 3 is 2.90 bits per heavy atom. The molecule has 21 heavy (non-hydrogen) atoms. The molecule has 0 saturated carbocycles. The van der Waals surface area contributed by atoms with E-state index in [1.165, 1.54) is 53.0 Å². The minimum atomic E-state index is 0.565. The number of rotatable bonds is 7. The van der Waals surface area contributed by atoms with E-state index in [2.05, 4.69) is 42.7 Å². The quantitative estimate of drug-likeness (QED) is 0.763. The first kappa shape index (κ1) is 17.1. The van der Waals surface area contributed by atoms with Crippen LogP contribution in [0.4, 0.5) is 5.13 Å². The first-order chi connectivity index (χ1) is 10.3. The third kappa shape index (κ3) is 4.86. The molecule has 0 bridgehead atoms. The number of thioether (sulfide) groups is 1. The van der Waals surface area contributed by atoms with Gasteiger partial charge in [0.2, 0.25) is 0 Å². The molecule has 0 radical (unpaired) electrons. The maximum absolute atomic E-state index is 5.02. The highest BCUT2D eigenvalue weighted by Crippen LogP contribution is 2.33. The lowest BCUT2D eigenvalue weighted by molar-refractivity contribution is 0.654. The molecule has 5 heteroatoms. The molecule has 1 N–H and O–H groups in total. The van der Waals surface area contributed by atoms with Gasteiger partial charge in [0.1, 0.15) is 0 Å². The highest BCUT2D eigenvalue weighted by atomic mass is 32.2. The summed E-state index contributed by atoms with van der Waals surface area (Å²) in [5.74, 6) is 3.10. The minimum absolute atomic E-state index is 0.565. The van der Waals surface area contributed by atoms with E-state index in [0.29, 0.717) is 5.92 Å². The molecule has 2 heterocycles. The van der Waals surface area contributed by atoms with Crippen molar-refractivity contribution in [2.75, 3.05) is 36.0 Å². The van der Waals surface area contributed by atoms with Gasteiger partial charge in [-0.15, -0.1) is 11.3 Å². The number of nitrogens with zero attached hydrogens (tertiary/aromatic N) is 2. The molecule has 1 aromatic heterocycles. The van der Waals surface area contributed by atoms with Crippen molar-refractivity contribution < 1.29 is 0 Å². The van der Waals surface area contributed by atoms with Crippen LogP contribution in [0.1, 0.15) is 56.5 Å². The van der Waals surface area contributed by atoms with Gasteiger partial charge in [0.05, 0.1) is 5.69 Å². The summed E-state index contributed by atoms with van der Waals surface area (Å²) in [4.78, 5) is 8.97. The van der Waals surface area contributed by atoms with Gasteiger partial charge >= 0.3 is 0 Å². The molecule has 0 amide bonds. The topological polar surface area (TPSA) is 28.2 Å². The van der Waals surface area contributed by atoms with E-state index in [1.54, 1.807) is 0 Å². The molecule has 1 saturated heterocycles. The first-order valence-corrected chi connectivity index (χ1v) is 10.3. The Balaban J connectivity index is 2.13. The Morgan fingerprint density at radius 2 is 2.14 bits per heavy atom. The summed E-state index contributed by atoms with van der Waals surface area (Å²) in [6.45, 7) is 11.2. The van der Waals surface area contributed by atoms with Crippen molar-refractivity contribution in [1.82, 2.24) is 10.3 Å². The number of hydrogen-bond acceptors (Lipinski definition) is 5. The molecule has 3 nitrogen and oxygen atoms in total. The predicted molar refractivity (Wildman–Crippen MR) is 97.0 cm³/mol. The zero-order chi connectivity index (χ0) is 15.1. The number of aromatic nitrogens is 1. The number of anilines is 1. The van der Waals surface area contributed by atoms with Crippen molar-refractivity contribution in [2.45, 2.75) is 52.5 Å². The molecule has 0 aromatic carbocycles. The number of hydrogen-bond donors (Lipinski definition) is 1. The second-order valence-electron chi connectivity index (χ2n) is 5.74. The third-order valence-electron chi connectivity index (χ3n) is 4.00. The SMILES string of the molecule is CCCNCc1sc(N2CCCSCC2)nc1C(C)CC. The van der Waals surface area contributed by atoms with Crippen LogP contribution in [-0.4, -0.2) is 36.1 Å². The molecular formula is C16H29N3S2. The molecule has 1 aliphatic rings. The third-order valence-corrected chi connectivity index (χ3v) is 6.18. The van der Waals surface area contributed by atoms with Crippen LogP contribution in [0.3, 0.4) is 0 Å². The molecule has 1 unspecified atom stereocenters. The van der Waals surface area contributed by atoms with Gasteiger partial charge in [0, 0.05) is 30.3 Å². The van der Waals surface area contributed by atoms with Gasteiger partial charge in [-0.05, 0) is 37.5 Å². The summed E-state index contributed by atoms with van der Waals surface area (Å²) >= 11 is 3.99. The summed E-state index contributed by atoms with van der Waals surface area (Å²) < 4.78 is 0. The molecule has 0 spiro atoms. The van der Waals surface area contributed by atoms with E-state index in [4.69, 9.17) is 4.98 Å². The molecule has 1 aliphatic heterocycles. The standard InChI is InChI=1S/C16H29N3S2/c1-4-7-17-12-14-15(13(3)5-2)18-16(21-14)19-8-6-10-20-11-9-19/h13,17H,4-12H2,1-3H3. The van der Waals surface area contributed by atoms with Crippen molar-refractivity contribution in [3.8, 4) is 0 Å². The van der Waals surface area contributed by atoms with Crippen LogP contribution < -0.4 is 10.2 Å². The van der Waals surface area contributed by atoms with E-state index >= 15 is 0 Å². The Hall–Kier alpha value is -0.260. The van der Waals surface area contributed by atoms with Crippen LogP contribution in [0.25, 0.3) is 0 Å². The van der Waals surface area contributed by atoms with Crippen LogP contribution in [0, 0.1) is 0 Å². The van der Waals surface area contributed by atoms with Gasteiger partial charge in [-0.2, -0.15) is 11.8 Å². The van der Waals surface area contributed by atoms with Gasteiger partial charge in [0.25, 0.3) is 0 Å². The van der Waals surface area contributed by atoms with Crippen LogP contribution >= 0.6 is 23.1 Å². The van der Waals surface area contributed by atoms with E-state index in [1.807, 2.05) is 11.3 Å². The zero-order valence-electron chi connectivity index (χ0n) is 13.7. The Kier molecular flexibility index (Phi) is 7.34. The summed E-state index contributed by atoms with van der Waals surface area (Å²) in [6.07, 6.45) is 3.64. The molecule has 1 aromatic rings. The Morgan fingerprint density at radius 1 is 1.29 bits per heavy atom. The number of thiazole rings is 1. The van der Waals surface area contributed by atoms with Gasteiger partial charge in [-0.25, -0.2) is 4.98 Å². The van der Waals surface area contributed by atoms with E-state index in [-0.39, 0.29) is 0 Å². The first-order valence-electron chi connectivity index (χ1n) is 8.29. The summed E-state index contributed by atoms with van der Waals surface area (Å²) in [5, 5.41) is 4.80. The molecule has 2 rings (SSSR count). The lowest BCUT2D eigenvalue weighted by Gasteiger charge is -2.18. The highest BCUT2D eigenvalue weighted by Gasteiger charge is 2.20. The second-order valence-corrected chi connectivity index (χ2v) is 8.03. The maximum atomic E-state index is 5.02. The van der Waals surface area contributed by atoms with E-state index in [0.717, 1.165) is 19.6 Å². The normalized spacial score (nSPS) is 17.8. The predicted octanol–water partition coefficient (Wildman–Crippen LogP) is 4.10. The van der Waals surface area contributed by atoms with Crippen molar-refractivity contribution in [1.29, 1.82) is 0 Å². The van der Waals surface area contributed by atoms with Crippen LogP contribution in [-0.2, 0) is 6.54 Å². The number of nitrogens with one attached hydrogen (secondary N) is 1. The summed E-state index contributed by atoms with van der Waals surface area (Å²) in [7, 11) is 0. The average Bonchev–Trinajstić information content (AvgIpc) is 2.73. The maximum Gasteiger partial charge on any atom is 0.185 e. The highest BCUT2D eigenvalue weighted by molar-refractivity contribution is 7.99. The zero-order valence-corrected chi connectivity index (χ0v) is 15.3. The molecule has 1 atom stereocenters. The molecule has 0 aliphatic carbocycles. The second kappa shape index (κ2) is 9.01. The Labute approximate surface area is 137 Å². The van der Waals surface area contributed by atoms with Gasteiger partial charge in [-0.3, -0.25) is 0 Å². The fourth-order valence-electron chi connectivity index (χ4n) is 2.51. The van der Waals surface area contributed by atoms with Gasteiger partial charge in [0.15, 0.2) is 5.13 Å². The lowest BCUT2D eigenvalue weighted by Crippen LogP contribution is -2.25. The fraction of sp³-hybridized carbons (Fsp3) is 0.812. The van der Waals surface area contributed by atoms with E-state index in [9.17, 15) is 0 Å². The summed E-state index contributed by atoms with van der Waals surface area (Å²) in [5.41, 5.74) is 1.33. The smallest absolute Gasteiger partial charge is 0.185 e. The van der Waals surface area contributed by atoms with E-state index < -0.39 is 0 Å². The van der Waals surface area contributed by atoms with Crippen LogP contribution in [0.2, 0.25) is 0 Å². The van der Waals surface area contributed by atoms with Crippen LogP contribution in [0.15, 0.2) is 0 Å². The van der Waals surface area contributed by atoms with Crippen molar-refractivity contribution in [3.05, 3.63) is 10.6 Å². The fourth-order valence-corrected chi connectivity index (χ4v) is 4.60.